The maximum absolute atomic E-state index is 13.0. The Morgan fingerprint density at radius 2 is 1.88 bits per heavy atom. The van der Waals surface area contributed by atoms with E-state index < -0.39 is 12.2 Å². The van der Waals surface area contributed by atoms with E-state index in [0.717, 1.165) is 40.8 Å². The van der Waals surface area contributed by atoms with Crippen LogP contribution in [-0.4, -0.2) is 57.5 Å². The van der Waals surface area contributed by atoms with Gasteiger partial charge in [-0.2, -0.15) is 5.10 Å². The van der Waals surface area contributed by atoms with Crippen molar-refractivity contribution in [2.45, 2.75) is 51.9 Å². The van der Waals surface area contributed by atoms with Gasteiger partial charge in [0.2, 0.25) is 5.91 Å². The highest BCUT2D eigenvalue weighted by Gasteiger charge is 2.48. The number of alkyl carbamates (subject to hydrolysis) is 1. The molecule has 5 rings (SSSR count). The molecule has 3 amide bonds. The number of fused-ring (bicyclic) bond motifs is 1. The lowest BCUT2D eigenvalue weighted by Crippen LogP contribution is -2.53. The molecule has 1 aromatic heterocycles. The van der Waals surface area contributed by atoms with Crippen molar-refractivity contribution in [3.05, 3.63) is 72.1 Å². The molecule has 0 radical (unpaired) electrons. The number of ether oxygens (including phenoxy) is 1. The molecule has 0 unspecified atom stereocenters. The van der Waals surface area contributed by atoms with Crippen LogP contribution in [-0.2, 0) is 22.7 Å². The van der Waals surface area contributed by atoms with Crippen molar-refractivity contribution in [2.24, 2.45) is 11.8 Å². The highest BCUT2D eigenvalue weighted by Crippen LogP contribution is 2.49. The van der Waals surface area contributed by atoms with Gasteiger partial charge in [-0.05, 0) is 47.6 Å². The molecule has 1 saturated carbocycles. The number of nitrogens with zero attached hydrogens (tertiary/aromatic N) is 4. The number of benzene rings is 2. The number of aromatic nitrogens is 2. The number of carboxylic acid groups (broad SMARTS) is 1. The van der Waals surface area contributed by atoms with Gasteiger partial charge in [-0.1, -0.05) is 43.3 Å². The summed E-state index contributed by atoms with van der Waals surface area (Å²) >= 11 is 0. The monoisotopic (exact) mass is 545 g/mol. The van der Waals surface area contributed by atoms with Crippen LogP contribution in [0.2, 0.25) is 0 Å². The molecule has 0 saturated heterocycles. The van der Waals surface area contributed by atoms with Crippen LogP contribution in [0.3, 0.4) is 0 Å². The summed E-state index contributed by atoms with van der Waals surface area (Å²) < 4.78 is 7.28. The molecule has 0 bridgehead atoms. The van der Waals surface area contributed by atoms with Crippen LogP contribution in [0.15, 0.2) is 60.9 Å². The fraction of sp³-hybridized carbons (Fsp3) is 0.400. The molecule has 2 heterocycles. The summed E-state index contributed by atoms with van der Waals surface area (Å²) in [6, 6.07) is 15.1. The number of hydrogen-bond donors (Lipinski definition) is 2. The Labute approximate surface area is 233 Å². The molecule has 2 N–H and O–H groups in total. The molecule has 2 aromatic carbocycles. The molecule has 0 spiro atoms. The first-order valence-corrected chi connectivity index (χ1v) is 13.6. The lowest BCUT2D eigenvalue weighted by molar-refractivity contribution is -0.117. The highest BCUT2D eigenvalue weighted by atomic mass is 16.5. The van der Waals surface area contributed by atoms with Crippen LogP contribution in [0.5, 0.6) is 0 Å². The quantitative estimate of drug-likeness (QED) is 0.416. The second-order valence-corrected chi connectivity index (χ2v) is 10.7. The van der Waals surface area contributed by atoms with E-state index in [-0.39, 0.29) is 30.5 Å². The lowest BCUT2D eigenvalue weighted by atomic mass is 9.79. The summed E-state index contributed by atoms with van der Waals surface area (Å²) in [6.07, 6.45) is 4.24. The maximum Gasteiger partial charge on any atom is 0.407 e. The maximum atomic E-state index is 13.0. The summed E-state index contributed by atoms with van der Waals surface area (Å²) in [4.78, 5) is 40.1. The molecule has 1 aliphatic heterocycles. The fourth-order valence-electron chi connectivity index (χ4n) is 5.62. The van der Waals surface area contributed by atoms with Gasteiger partial charge in [-0.25, -0.2) is 9.59 Å². The predicted octanol–water partition coefficient (Wildman–Crippen LogP) is 4.91. The van der Waals surface area contributed by atoms with Crippen molar-refractivity contribution in [2.75, 3.05) is 18.5 Å². The van der Waals surface area contributed by atoms with Gasteiger partial charge in [0.25, 0.3) is 0 Å². The van der Waals surface area contributed by atoms with Crippen LogP contribution in [0.1, 0.15) is 43.9 Å². The summed E-state index contributed by atoms with van der Waals surface area (Å²) in [6.45, 7) is 4.59. The minimum Gasteiger partial charge on any atom is -0.465 e. The third-order valence-electron chi connectivity index (χ3n) is 7.87. The Bertz CT molecular complexity index is 1390. The molecular formula is C30H35N5O5. The van der Waals surface area contributed by atoms with Gasteiger partial charge >= 0.3 is 12.2 Å². The van der Waals surface area contributed by atoms with Crippen molar-refractivity contribution in [3.63, 3.8) is 0 Å². The zero-order valence-corrected chi connectivity index (χ0v) is 23.0. The number of likely N-dealkylation sites (N-methyl/N-ethyl adjacent to an activating group) is 1. The zero-order valence-electron chi connectivity index (χ0n) is 23.0. The summed E-state index contributed by atoms with van der Waals surface area (Å²) in [5, 5.41) is 16.6. The number of hydrogen-bond acceptors (Lipinski definition) is 5. The van der Waals surface area contributed by atoms with Crippen molar-refractivity contribution >= 4 is 23.8 Å². The number of carbonyl (C=O) groups excluding carboxylic acids is 2. The van der Waals surface area contributed by atoms with Crippen LogP contribution in [0.4, 0.5) is 15.3 Å². The van der Waals surface area contributed by atoms with E-state index in [9.17, 15) is 14.4 Å². The first-order chi connectivity index (χ1) is 19.2. The average Bonchev–Trinajstić information content (AvgIpc) is 3.67. The van der Waals surface area contributed by atoms with Gasteiger partial charge in [0.1, 0.15) is 6.61 Å². The third kappa shape index (κ3) is 5.80. The van der Waals surface area contributed by atoms with E-state index in [0.29, 0.717) is 19.0 Å². The smallest absolute Gasteiger partial charge is 0.407 e. The largest absolute Gasteiger partial charge is 0.465 e. The van der Waals surface area contributed by atoms with Crippen molar-refractivity contribution in [1.82, 2.24) is 20.0 Å². The van der Waals surface area contributed by atoms with E-state index in [4.69, 9.17) is 9.84 Å². The molecule has 2 aliphatic rings. The van der Waals surface area contributed by atoms with Gasteiger partial charge in [0, 0.05) is 49.9 Å². The topological polar surface area (TPSA) is 117 Å². The Kier molecular flexibility index (Phi) is 7.77. The van der Waals surface area contributed by atoms with Crippen LogP contribution in [0.25, 0.3) is 11.1 Å². The number of anilines is 1. The van der Waals surface area contributed by atoms with E-state index >= 15 is 0 Å². The minimum atomic E-state index is -0.989. The second-order valence-electron chi connectivity index (χ2n) is 10.7. The predicted molar refractivity (Wildman–Crippen MR) is 150 cm³/mol. The molecule has 3 atom stereocenters. The van der Waals surface area contributed by atoms with Gasteiger partial charge < -0.3 is 25.0 Å². The molecule has 1 fully saturated rings. The van der Waals surface area contributed by atoms with Crippen LogP contribution < -0.4 is 10.2 Å². The molecule has 3 aromatic rings. The highest BCUT2D eigenvalue weighted by molar-refractivity contribution is 5.94. The van der Waals surface area contributed by atoms with Crippen LogP contribution in [0, 0.1) is 11.8 Å². The molecular weight excluding hydrogens is 510 g/mol. The lowest BCUT2D eigenvalue weighted by Gasteiger charge is -2.45. The normalized spacial score (nSPS) is 20.0. The van der Waals surface area contributed by atoms with Crippen LogP contribution >= 0.6 is 0 Å². The minimum absolute atomic E-state index is 0.00996. The average molecular weight is 546 g/mol. The van der Waals surface area contributed by atoms with Crippen molar-refractivity contribution in [3.8, 4) is 11.1 Å². The van der Waals surface area contributed by atoms with E-state index in [2.05, 4.69) is 17.3 Å². The summed E-state index contributed by atoms with van der Waals surface area (Å²) in [5.41, 5.74) is 4.31. The Morgan fingerprint density at radius 3 is 2.55 bits per heavy atom. The van der Waals surface area contributed by atoms with E-state index in [1.807, 2.05) is 59.6 Å². The van der Waals surface area contributed by atoms with Gasteiger partial charge in [-0.3, -0.25) is 9.48 Å². The number of nitrogens with one attached hydrogen (secondary N) is 1. The number of carbonyl (C=O) groups is 3. The Morgan fingerprint density at radius 1 is 1.12 bits per heavy atom. The summed E-state index contributed by atoms with van der Waals surface area (Å²) in [7, 11) is 1.52. The molecule has 10 nitrogen and oxygen atoms in total. The van der Waals surface area contributed by atoms with E-state index in [1.54, 1.807) is 17.8 Å². The first-order valence-electron chi connectivity index (χ1n) is 13.6. The van der Waals surface area contributed by atoms with Crippen molar-refractivity contribution < 1.29 is 24.2 Å². The van der Waals surface area contributed by atoms with E-state index in [1.165, 1.54) is 11.9 Å². The summed E-state index contributed by atoms with van der Waals surface area (Å²) in [5.74, 6) is 0.356. The Balaban J connectivity index is 1.43. The van der Waals surface area contributed by atoms with Crippen molar-refractivity contribution in [1.29, 1.82) is 0 Å². The molecule has 10 heteroatoms. The molecule has 210 valence electrons. The number of rotatable bonds is 8. The van der Waals surface area contributed by atoms with Gasteiger partial charge in [0.15, 0.2) is 0 Å². The SMILES string of the molecule is CC(=O)N1c2ccc(-c3cnn(CCN(C)C(=O)O)c3)cc2[C@H](NC(=O)OCc2ccccc2)[C@@H](C)[C@@H]1C1CC1. The molecule has 40 heavy (non-hydrogen) atoms. The third-order valence-corrected chi connectivity index (χ3v) is 7.87. The second kappa shape index (κ2) is 11.4. The first kappa shape index (κ1) is 27.2. The van der Waals surface area contributed by atoms with Gasteiger partial charge in [-0.15, -0.1) is 0 Å². The van der Waals surface area contributed by atoms with Gasteiger partial charge in [0.05, 0.1) is 18.8 Å². The Hall–Kier alpha value is -4.34. The number of amides is 3. The molecule has 1 aliphatic carbocycles. The zero-order chi connectivity index (χ0) is 28.4. The fourth-order valence-corrected chi connectivity index (χ4v) is 5.62. The standard InChI is InChI=1S/C30H35N5O5/c1-19-27(32-29(37)40-18-21-7-5-4-6-8-21)25-15-23(24-16-31-34(17-24)14-13-33(3)30(38)39)11-12-26(25)35(20(2)36)28(19)22-9-10-22/h4-8,11-12,15-17,19,22,27-28H,9-10,13-14,18H2,1-3H3,(H,32,37)(H,38,39)/t19-,27-,28-/m1/s1.